The van der Waals surface area contributed by atoms with Crippen LogP contribution in [-0.2, 0) is 0 Å². The number of hydrogen-bond acceptors (Lipinski definition) is 7. The number of nitriles is 1. The van der Waals surface area contributed by atoms with E-state index in [4.69, 9.17) is 32.7 Å². The topological polar surface area (TPSA) is 93.8 Å². The van der Waals surface area contributed by atoms with Crippen molar-refractivity contribution in [2.45, 2.75) is 0 Å². The monoisotopic (exact) mass is 359 g/mol. The first-order valence-corrected chi connectivity index (χ1v) is 7.25. The lowest BCUT2D eigenvalue weighted by molar-refractivity contribution is 0.453. The summed E-state index contributed by atoms with van der Waals surface area (Å²) in [4.78, 5) is 15.3. The number of benzene rings is 1. The minimum absolute atomic E-state index is 0.0997. The second kappa shape index (κ2) is 7.08. The van der Waals surface area contributed by atoms with Crippen molar-refractivity contribution >= 4 is 23.2 Å². The fraction of sp³-hybridized carbons (Fsp3) is 0. The minimum Gasteiger partial charge on any atom is -0.453 e. The van der Waals surface area contributed by atoms with Crippen LogP contribution in [0.15, 0.2) is 43.0 Å². The normalized spacial score (nSPS) is 10.0. The molecule has 0 N–H and O–H groups in total. The van der Waals surface area contributed by atoms with Gasteiger partial charge in [0, 0.05) is 0 Å². The van der Waals surface area contributed by atoms with Crippen LogP contribution < -0.4 is 9.47 Å². The fourth-order valence-electron chi connectivity index (χ4n) is 1.75. The van der Waals surface area contributed by atoms with E-state index in [-0.39, 0.29) is 27.6 Å². The molecule has 2 heterocycles. The molecule has 0 fully saturated rings. The zero-order chi connectivity index (χ0) is 16.9. The second-order valence-electron chi connectivity index (χ2n) is 4.32. The average Bonchev–Trinajstić information content (AvgIpc) is 2.59. The van der Waals surface area contributed by atoms with Crippen molar-refractivity contribution in [3.05, 3.63) is 59.1 Å². The molecule has 0 saturated heterocycles. The van der Waals surface area contributed by atoms with Crippen LogP contribution in [0.25, 0.3) is 0 Å². The summed E-state index contributed by atoms with van der Waals surface area (Å²) in [6.07, 6.45) is 5.60. The van der Waals surface area contributed by atoms with E-state index in [0.717, 1.165) is 0 Å². The van der Waals surface area contributed by atoms with E-state index >= 15 is 0 Å². The molecule has 0 unspecified atom stereocenters. The molecule has 9 heteroatoms. The average molecular weight is 360 g/mol. The van der Waals surface area contributed by atoms with Crippen LogP contribution in [-0.4, -0.2) is 19.9 Å². The molecule has 24 heavy (non-hydrogen) atoms. The Morgan fingerprint density at radius 3 is 1.58 bits per heavy atom. The Morgan fingerprint density at radius 1 is 0.792 bits per heavy atom. The van der Waals surface area contributed by atoms with E-state index < -0.39 is 0 Å². The third-order valence-electron chi connectivity index (χ3n) is 2.75. The number of nitrogens with zero attached hydrogens (tertiary/aromatic N) is 5. The lowest BCUT2D eigenvalue weighted by atomic mass is 10.2. The van der Waals surface area contributed by atoms with Gasteiger partial charge in [0.15, 0.2) is 11.5 Å². The molecular formula is C15H7Cl2N5O2. The Kier molecular flexibility index (Phi) is 4.70. The Morgan fingerprint density at radius 2 is 1.21 bits per heavy atom. The van der Waals surface area contributed by atoms with E-state index in [0.29, 0.717) is 11.5 Å². The second-order valence-corrected chi connectivity index (χ2v) is 5.00. The number of hydrogen-bond donors (Lipinski definition) is 0. The molecule has 1 aromatic carbocycles. The summed E-state index contributed by atoms with van der Waals surface area (Å²) in [7, 11) is 0. The summed E-state index contributed by atoms with van der Waals surface area (Å²) in [6.45, 7) is 0. The van der Waals surface area contributed by atoms with Gasteiger partial charge in [-0.05, 0) is 35.3 Å². The van der Waals surface area contributed by atoms with Gasteiger partial charge in [0.05, 0.1) is 24.8 Å². The number of halogens is 2. The molecule has 0 aliphatic heterocycles. The Labute approximate surface area is 146 Å². The van der Waals surface area contributed by atoms with Gasteiger partial charge in [-0.15, -0.1) is 0 Å². The van der Waals surface area contributed by atoms with Gasteiger partial charge in [-0.1, -0.05) is 6.07 Å². The first-order chi connectivity index (χ1) is 11.7. The summed E-state index contributed by atoms with van der Waals surface area (Å²) >= 11 is 11.3. The molecule has 0 saturated carbocycles. The summed E-state index contributed by atoms with van der Waals surface area (Å²) in [5.74, 6) is 1.25. The van der Waals surface area contributed by atoms with Crippen LogP contribution in [0, 0.1) is 11.3 Å². The highest BCUT2D eigenvalue weighted by atomic mass is 35.5. The number of aromatic nitrogens is 4. The van der Waals surface area contributed by atoms with E-state index in [2.05, 4.69) is 19.9 Å². The quantitative estimate of drug-likeness (QED) is 0.648. The van der Waals surface area contributed by atoms with Crippen molar-refractivity contribution in [3.8, 4) is 29.1 Å². The van der Waals surface area contributed by atoms with E-state index in [1.807, 2.05) is 6.07 Å². The summed E-state index contributed by atoms with van der Waals surface area (Å²) < 4.78 is 11.2. The van der Waals surface area contributed by atoms with E-state index in [1.165, 1.54) is 24.8 Å². The lowest BCUT2D eigenvalue weighted by Crippen LogP contribution is -1.95. The molecular weight excluding hydrogens is 353 g/mol. The fourth-order valence-corrected chi connectivity index (χ4v) is 1.95. The predicted molar refractivity (Wildman–Crippen MR) is 85.4 cm³/mol. The summed E-state index contributed by atoms with van der Waals surface area (Å²) in [5.41, 5.74) is 0.197. The van der Waals surface area contributed by atoms with Crippen LogP contribution in [0.3, 0.4) is 0 Å². The van der Waals surface area contributed by atoms with Crippen LogP contribution >= 0.6 is 23.2 Å². The Bertz CT molecular complexity index is 829. The maximum Gasteiger partial charge on any atom is 0.222 e. The first-order valence-electron chi connectivity index (χ1n) is 6.49. The number of ether oxygens (including phenoxy) is 2. The third kappa shape index (κ3) is 3.68. The molecule has 0 bridgehead atoms. The molecule has 0 atom stereocenters. The number of rotatable bonds is 4. The molecule has 0 aliphatic carbocycles. The van der Waals surface area contributed by atoms with Gasteiger partial charge >= 0.3 is 0 Å². The molecule has 0 radical (unpaired) electrons. The molecule has 2 aromatic heterocycles. The van der Waals surface area contributed by atoms with Crippen molar-refractivity contribution in [1.82, 2.24) is 19.9 Å². The van der Waals surface area contributed by atoms with Gasteiger partial charge in [-0.3, -0.25) is 0 Å². The molecule has 0 amide bonds. The van der Waals surface area contributed by atoms with Gasteiger partial charge in [0.25, 0.3) is 0 Å². The molecule has 118 valence electrons. The largest absolute Gasteiger partial charge is 0.453 e. The van der Waals surface area contributed by atoms with E-state index in [9.17, 15) is 5.26 Å². The third-order valence-corrected chi connectivity index (χ3v) is 3.14. The van der Waals surface area contributed by atoms with Gasteiger partial charge in [0.2, 0.25) is 10.6 Å². The molecule has 0 spiro atoms. The van der Waals surface area contributed by atoms with Crippen molar-refractivity contribution < 1.29 is 9.47 Å². The van der Waals surface area contributed by atoms with Crippen molar-refractivity contribution in [3.63, 3.8) is 0 Å². The molecule has 7 nitrogen and oxygen atoms in total. The highest BCUT2D eigenvalue weighted by Crippen LogP contribution is 2.33. The van der Waals surface area contributed by atoms with Crippen molar-refractivity contribution in [1.29, 1.82) is 5.26 Å². The van der Waals surface area contributed by atoms with Crippen LogP contribution in [0.1, 0.15) is 5.56 Å². The van der Waals surface area contributed by atoms with E-state index in [1.54, 1.807) is 18.2 Å². The molecule has 3 aromatic rings. The molecule has 0 aliphatic rings. The SMILES string of the molecule is N#Cc1c(Oc2cnc(Cl)nc2)cccc1Oc1cnc(Cl)nc1. The predicted octanol–water partition coefficient (Wildman–Crippen LogP) is 4.03. The van der Waals surface area contributed by atoms with Crippen LogP contribution in [0.4, 0.5) is 0 Å². The zero-order valence-corrected chi connectivity index (χ0v) is 13.4. The zero-order valence-electron chi connectivity index (χ0n) is 11.8. The van der Waals surface area contributed by atoms with Crippen molar-refractivity contribution in [2.24, 2.45) is 0 Å². The minimum atomic E-state index is 0.0997. The van der Waals surface area contributed by atoms with Gasteiger partial charge in [0.1, 0.15) is 23.1 Å². The highest BCUT2D eigenvalue weighted by molar-refractivity contribution is 6.28. The lowest BCUT2D eigenvalue weighted by Gasteiger charge is -2.11. The maximum absolute atomic E-state index is 9.43. The van der Waals surface area contributed by atoms with Gasteiger partial charge in [-0.25, -0.2) is 19.9 Å². The van der Waals surface area contributed by atoms with Crippen molar-refractivity contribution in [2.75, 3.05) is 0 Å². The van der Waals surface area contributed by atoms with Gasteiger partial charge < -0.3 is 9.47 Å². The Balaban J connectivity index is 1.89. The highest BCUT2D eigenvalue weighted by Gasteiger charge is 2.13. The molecule has 3 rings (SSSR count). The Hall–Kier alpha value is -2.95. The standard InChI is InChI=1S/C15H7Cl2N5O2/c16-14-19-5-9(6-20-14)23-12-2-1-3-13(11(12)4-18)24-10-7-21-15(17)22-8-10/h1-3,5-8H. The van der Waals surface area contributed by atoms with Gasteiger partial charge in [-0.2, -0.15) is 5.26 Å². The van der Waals surface area contributed by atoms with Crippen LogP contribution in [0.5, 0.6) is 23.0 Å². The summed E-state index contributed by atoms with van der Waals surface area (Å²) in [5, 5.41) is 9.63. The maximum atomic E-state index is 9.43. The van der Waals surface area contributed by atoms with Crippen LogP contribution in [0.2, 0.25) is 10.6 Å². The smallest absolute Gasteiger partial charge is 0.222 e. The summed E-state index contributed by atoms with van der Waals surface area (Å²) in [6, 6.07) is 6.97. The first kappa shape index (κ1) is 15.9.